The molecule has 0 fully saturated rings. The number of benzene rings is 1. The zero-order valence-corrected chi connectivity index (χ0v) is 9.49. The van der Waals surface area contributed by atoms with Gasteiger partial charge in [-0.25, -0.2) is 0 Å². The average molecular weight is 236 g/mol. The predicted octanol–water partition coefficient (Wildman–Crippen LogP) is 2.45. The van der Waals surface area contributed by atoms with Crippen LogP contribution in [0.5, 0.6) is 0 Å². The topological polar surface area (TPSA) is 37.4 Å². The van der Waals surface area contributed by atoms with Gasteiger partial charge in [-0.15, -0.1) is 0 Å². The van der Waals surface area contributed by atoms with Crippen LogP contribution in [0.2, 0.25) is 5.02 Å². The summed E-state index contributed by atoms with van der Waals surface area (Å²) in [4.78, 5) is 24.8. The fourth-order valence-electron chi connectivity index (χ4n) is 1.70. The van der Waals surface area contributed by atoms with Crippen LogP contribution in [0.4, 0.5) is 5.69 Å². The lowest BCUT2D eigenvalue weighted by Crippen LogP contribution is -2.29. The Hall–Kier alpha value is -1.61. The van der Waals surface area contributed by atoms with E-state index in [4.69, 9.17) is 11.6 Å². The van der Waals surface area contributed by atoms with E-state index in [9.17, 15) is 9.59 Å². The molecule has 0 atom stereocenters. The van der Waals surface area contributed by atoms with E-state index in [-0.39, 0.29) is 0 Å². The van der Waals surface area contributed by atoms with Crippen LogP contribution in [0.25, 0.3) is 0 Å². The third-order valence-electron chi connectivity index (χ3n) is 2.46. The molecule has 16 heavy (non-hydrogen) atoms. The molecule has 0 aliphatic carbocycles. The van der Waals surface area contributed by atoms with Gasteiger partial charge in [-0.1, -0.05) is 29.8 Å². The highest BCUT2D eigenvalue weighted by molar-refractivity contribution is 6.54. The zero-order valence-electron chi connectivity index (χ0n) is 8.74. The van der Waals surface area contributed by atoms with Gasteiger partial charge in [0.05, 0.1) is 16.3 Å². The van der Waals surface area contributed by atoms with Crippen molar-refractivity contribution in [2.75, 3.05) is 11.4 Å². The summed E-state index contributed by atoms with van der Waals surface area (Å²) >= 11 is 6.00. The minimum atomic E-state index is -0.513. The molecule has 0 unspecified atom stereocenters. The number of allylic oxidation sites excluding steroid dienone is 1. The first-order valence-electron chi connectivity index (χ1n) is 4.92. The van der Waals surface area contributed by atoms with E-state index in [1.807, 2.05) is 19.1 Å². The Balaban J connectivity index is 2.51. The van der Waals surface area contributed by atoms with Crippen molar-refractivity contribution in [1.29, 1.82) is 0 Å². The first-order chi connectivity index (χ1) is 7.66. The lowest BCUT2D eigenvalue weighted by molar-refractivity contribution is -0.114. The number of nitrogens with zero attached hydrogens (tertiary/aromatic N) is 1. The van der Waals surface area contributed by atoms with Gasteiger partial charge in [-0.3, -0.25) is 14.5 Å². The van der Waals surface area contributed by atoms with E-state index >= 15 is 0 Å². The fraction of sp³-hybridized carbons (Fsp3) is 0.167. The van der Waals surface area contributed by atoms with E-state index in [0.717, 1.165) is 0 Å². The van der Waals surface area contributed by atoms with Crippen molar-refractivity contribution in [1.82, 2.24) is 0 Å². The monoisotopic (exact) mass is 235 g/mol. The molecule has 1 heterocycles. The maximum absolute atomic E-state index is 11.7. The van der Waals surface area contributed by atoms with Crippen molar-refractivity contribution in [3.8, 4) is 0 Å². The van der Waals surface area contributed by atoms with E-state index in [1.54, 1.807) is 18.2 Å². The van der Waals surface area contributed by atoms with E-state index < -0.39 is 11.7 Å². The molecule has 4 heteroatoms. The number of halogens is 1. The molecule has 1 aliphatic rings. The van der Waals surface area contributed by atoms with Gasteiger partial charge in [0, 0.05) is 6.54 Å². The number of carbonyl (C=O) groups excluding carboxylic acids is 2. The van der Waals surface area contributed by atoms with Gasteiger partial charge < -0.3 is 0 Å². The van der Waals surface area contributed by atoms with Crippen LogP contribution < -0.4 is 4.90 Å². The Labute approximate surface area is 98.3 Å². The van der Waals surface area contributed by atoms with Crippen LogP contribution >= 0.6 is 11.6 Å². The summed E-state index contributed by atoms with van der Waals surface area (Å²) in [6.45, 7) is 2.23. The molecule has 1 aliphatic heterocycles. The molecule has 0 N–H and O–H groups in total. The van der Waals surface area contributed by atoms with Gasteiger partial charge in [0.2, 0.25) is 0 Å². The van der Waals surface area contributed by atoms with Crippen LogP contribution in [0, 0.1) is 0 Å². The number of hydrogen-bond acceptors (Lipinski definition) is 2. The van der Waals surface area contributed by atoms with Crippen molar-refractivity contribution < 1.29 is 9.59 Å². The lowest BCUT2D eigenvalue weighted by Gasteiger charge is -2.14. The number of fused-ring (bicyclic) bond motifs is 1. The Morgan fingerprint density at radius 1 is 1.38 bits per heavy atom. The van der Waals surface area contributed by atoms with Gasteiger partial charge in [0.15, 0.2) is 0 Å². The third kappa shape index (κ3) is 1.53. The summed E-state index contributed by atoms with van der Waals surface area (Å²) in [5, 5.41) is 0.432. The lowest BCUT2D eigenvalue weighted by atomic mass is 10.1. The highest BCUT2D eigenvalue weighted by Crippen LogP contribution is 2.35. The maximum atomic E-state index is 11.7. The summed E-state index contributed by atoms with van der Waals surface area (Å²) in [6.07, 6.45) is 3.64. The molecule has 0 bridgehead atoms. The number of Topliss-reactive ketones (excluding diaryl/α,β-unsaturated/α-hetero) is 1. The largest absolute Gasteiger partial charge is 0.299 e. The molecular formula is C12H10ClNO2. The van der Waals surface area contributed by atoms with Gasteiger partial charge >= 0.3 is 0 Å². The van der Waals surface area contributed by atoms with E-state index in [0.29, 0.717) is 22.8 Å². The Morgan fingerprint density at radius 2 is 2.12 bits per heavy atom. The zero-order chi connectivity index (χ0) is 11.7. The number of rotatable bonds is 2. The van der Waals surface area contributed by atoms with Crippen molar-refractivity contribution in [2.24, 2.45) is 0 Å². The standard InChI is InChI=1S/C12H10ClNO2/c1-2-3-7-14-10-8(11(15)12(14)16)5-4-6-9(10)13/h2-6H,7H2,1H3/b3-2+. The summed E-state index contributed by atoms with van der Waals surface area (Å²) < 4.78 is 0. The second-order valence-corrected chi connectivity index (χ2v) is 3.86. The van der Waals surface area contributed by atoms with Crippen LogP contribution in [0.3, 0.4) is 0 Å². The molecule has 0 saturated heterocycles. The fourth-order valence-corrected chi connectivity index (χ4v) is 1.97. The second kappa shape index (κ2) is 4.10. The molecule has 1 amide bonds. The molecule has 0 radical (unpaired) electrons. The van der Waals surface area contributed by atoms with Crippen LogP contribution in [-0.2, 0) is 4.79 Å². The van der Waals surface area contributed by atoms with Gasteiger partial charge in [0.25, 0.3) is 11.7 Å². The Bertz CT molecular complexity index is 494. The molecule has 82 valence electrons. The molecule has 2 rings (SSSR count). The van der Waals surface area contributed by atoms with Crippen molar-refractivity contribution in [3.63, 3.8) is 0 Å². The van der Waals surface area contributed by atoms with Gasteiger partial charge in [-0.2, -0.15) is 0 Å². The number of carbonyl (C=O) groups is 2. The highest BCUT2D eigenvalue weighted by Gasteiger charge is 2.36. The minimum absolute atomic E-state index is 0.373. The first-order valence-corrected chi connectivity index (χ1v) is 5.30. The number of ketones is 1. The molecule has 1 aromatic rings. The average Bonchev–Trinajstić information content (AvgIpc) is 2.52. The number of amides is 1. The third-order valence-corrected chi connectivity index (χ3v) is 2.77. The summed E-state index contributed by atoms with van der Waals surface area (Å²) in [5.41, 5.74) is 0.916. The predicted molar refractivity (Wildman–Crippen MR) is 62.9 cm³/mol. The van der Waals surface area contributed by atoms with E-state index in [2.05, 4.69) is 0 Å². The molecule has 1 aromatic carbocycles. The smallest absolute Gasteiger partial charge is 0.299 e. The molecule has 0 spiro atoms. The SMILES string of the molecule is C/C=C/CN1C(=O)C(=O)c2cccc(Cl)c21. The van der Waals surface area contributed by atoms with Crippen LogP contribution in [0.1, 0.15) is 17.3 Å². The second-order valence-electron chi connectivity index (χ2n) is 3.45. The van der Waals surface area contributed by atoms with Crippen molar-refractivity contribution >= 4 is 29.0 Å². The van der Waals surface area contributed by atoms with Crippen molar-refractivity contribution in [2.45, 2.75) is 6.92 Å². The van der Waals surface area contributed by atoms with E-state index in [1.165, 1.54) is 4.90 Å². The summed E-state index contributed by atoms with van der Waals surface area (Å²) in [6, 6.07) is 4.97. The van der Waals surface area contributed by atoms with Gasteiger partial charge in [0.1, 0.15) is 0 Å². The molecular weight excluding hydrogens is 226 g/mol. The van der Waals surface area contributed by atoms with Crippen molar-refractivity contribution in [3.05, 3.63) is 40.9 Å². The normalized spacial score (nSPS) is 15.0. The quantitative estimate of drug-likeness (QED) is 0.583. The number of para-hydroxylation sites is 1. The summed E-state index contributed by atoms with van der Waals surface area (Å²) in [5.74, 6) is -0.997. The molecule has 3 nitrogen and oxygen atoms in total. The number of anilines is 1. The maximum Gasteiger partial charge on any atom is 0.299 e. The Kier molecular flexibility index (Phi) is 2.79. The number of hydrogen-bond donors (Lipinski definition) is 0. The minimum Gasteiger partial charge on any atom is -0.299 e. The molecule has 0 saturated carbocycles. The highest BCUT2D eigenvalue weighted by atomic mass is 35.5. The molecule has 0 aromatic heterocycles. The van der Waals surface area contributed by atoms with Crippen LogP contribution in [0.15, 0.2) is 30.4 Å². The summed E-state index contributed by atoms with van der Waals surface area (Å²) in [7, 11) is 0. The Morgan fingerprint density at radius 3 is 2.81 bits per heavy atom. The van der Waals surface area contributed by atoms with Gasteiger partial charge in [-0.05, 0) is 19.1 Å². The van der Waals surface area contributed by atoms with Crippen LogP contribution in [-0.4, -0.2) is 18.2 Å². The first kappa shape index (κ1) is 10.9.